The number of ether oxygens (including phenoxy) is 2. The third-order valence-corrected chi connectivity index (χ3v) is 4.47. The second-order valence-corrected chi connectivity index (χ2v) is 6.41. The summed E-state index contributed by atoms with van der Waals surface area (Å²) >= 11 is 0. The Morgan fingerprint density at radius 2 is 2.04 bits per heavy atom. The van der Waals surface area contributed by atoms with E-state index in [9.17, 15) is 9.59 Å². The van der Waals surface area contributed by atoms with Gasteiger partial charge in [0, 0.05) is 6.04 Å². The number of carbonyl (C=O) groups excluding carboxylic acids is 2. The van der Waals surface area contributed by atoms with Gasteiger partial charge in [-0.25, -0.2) is 4.79 Å². The minimum absolute atomic E-state index is 0.140. The van der Waals surface area contributed by atoms with Gasteiger partial charge in [-0.05, 0) is 37.8 Å². The van der Waals surface area contributed by atoms with Crippen LogP contribution in [0.15, 0.2) is 24.3 Å². The molecule has 25 heavy (non-hydrogen) atoms. The van der Waals surface area contributed by atoms with Gasteiger partial charge in [-0.15, -0.1) is 0 Å². The van der Waals surface area contributed by atoms with Crippen LogP contribution in [0.1, 0.15) is 45.1 Å². The van der Waals surface area contributed by atoms with Crippen molar-refractivity contribution < 1.29 is 19.1 Å². The molecule has 6 nitrogen and oxygen atoms in total. The largest absolute Gasteiger partial charge is 0.481 e. The maximum atomic E-state index is 12.2. The normalized spacial score (nSPS) is 20.8. The van der Waals surface area contributed by atoms with Crippen LogP contribution in [0.5, 0.6) is 5.75 Å². The Kier molecular flexibility index (Phi) is 6.81. The number of hydrogen-bond donors (Lipinski definition) is 1. The molecule has 1 N–H and O–H groups in total. The molecule has 0 heterocycles. The van der Waals surface area contributed by atoms with Gasteiger partial charge in [-0.2, -0.15) is 5.26 Å². The first-order chi connectivity index (χ1) is 12.0. The molecule has 1 fully saturated rings. The van der Waals surface area contributed by atoms with E-state index in [1.54, 1.807) is 31.2 Å². The molecule has 1 amide bonds. The van der Waals surface area contributed by atoms with E-state index in [1.165, 1.54) is 6.42 Å². The van der Waals surface area contributed by atoms with Crippen molar-refractivity contribution in [3.05, 3.63) is 29.8 Å². The quantitative estimate of drug-likeness (QED) is 0.801. The number of para-hydroxylation sites is 1. The minimum Gasteiger partial charge on any atom is -0.481 e. The highest BCUT2D eigenvalue weighted by Gasteiger charge is 2.26. The first-order valence-electron chi connectivity index (χ1n) is 8.63. The van der Waals surface area contributed by atoms with Crippen LogP contribution < -0.4 is 10.1 Å². The lowest BCUT2D eigenvalue weighted by Gasteiger charge is -2.30. The third kappa shape index (κ3) is 5.49. The molecule has 1 aromatic carbocycles. The molecule has 1 aliphatic carbocycles. The first kappa shape index (κ1) is 18.8. The Bertz CT molecular complexity index is 653. The Balaban J connectivity index is 1.79. The number of nitrogens with one attached hydrogen (secondary N) is 1. The van der Waals surface area contributed by atoms with Crippen molar-refractivity contribution in [2.75, 3.05) is 6.61 Å². The smallest absolute Gasteiger partial charge is 0.344 e. The summed E-state index contributed by atoms with van der Waals surface area (Å²) in [5, 5.41) is 11.9. The lowest BCUT2D eigenvalue weighted by Crippen LogP contribution is -2.46. The van der Waals surface area contributed by atoms with Gasteiger partial charge < -0.3 is 14.8 Å². The third-order valence-electron chi connectivity index (χ3n) is 4.47. The maximum absolute atomic E-state index is 12.2. The van der Waals surface area contributed by atoms with Crippen molar-refractivity contribution >= 4 is 11.9 Å². The van der Waals surface area contributed by atoms with Gasteiger partial charge in [-0.1, -0.05) is 31.9 Å². The number of amides is 1. The fourth-order valence-electron chi connectivity index (χ4n) is 2.94. The van der Waals surface area contributed by atoms with Crippen LogP contribution in [0, 0.1) is 17.2 Å². The van der Waals surface area contributed by atoms with Crippen LogP contribution in [0.25, 0.3) is 0 Å². The average Bonchev–Trinajstić information content (AvgIpc) is 2.62. The van der Waals surface area contributed by atoms with Crippen LogP contribution in [0.2, 0.25) is 0 Å². The predicted molar refractivity (Wildman–Crippen MR) is 91.8 cm³/mol. The van der Waals surface area contributed by atoms with Crippen molar-refractivity contribution in [1.29, 1.82) is 5.26 Å². The Morgan fingerprint density at radius 1 is 1.32 bits per heavy atom. The number of hydrogen-bond acceptors (Lipinski definition) is 5. The van der Waals surface area contributed by atoms with E-state index < -0.39 is 12.1 Å². The summed E-state index contributed by atoms with van der Waals surface area (Å²) in [4.78, 5) is 24.1. The molecule has 0 spiro atoms. The predicted octanol–water partition coefficient (Wildman–Crippen LogP) is 2.56. The highest BCUT2D eigenvalue weighted by atomic mass is 16.6. The molecule has 0 saturated heterocycles. The van der Waals surface area contributed by atoms with Crippen LogP contribution >= 0.6 is 0 Å². The highest BCUT2D eigenvalue weighted by Crippen LogP contribution is 2.23. The molecule has 0 aliphatic heterocycles. The van der Waals surface area contributed by atoms with Crippen molar-refractivity contribution in [3.63, 3.8) is 0 Å². The van der Waals surface area contributed by atoms with Crippen LogP contribution in [0.3, 0.4) is 0 Å². The second kappa shape index (κ2) is 9.07. The molecule has 0 unspecified atom stereocenters. The zero-order valence-corrected chi connectivity index (χ0v) is 14.7. The van der Waals surface area contributed by atoms with Crippen molar-refractivity contribution in [1.82, 2.24) is 5.32 Å². The summed E-state index contributed by atoms with van der Waals surface area (Å²) in [6.07, 6.45) is 3.48. The van der Waals surface area contributed by atoms with E-state index in [0.717, 1.165) is 19.3 Å². The summed E-state index contributed by atoms with van der Waals surface area (Å²) in [6.45, 7) is 3.32. The summed E-state index contributed by atoms with van der Waals surface area (Å²) in [7, 11) is 0. The summed E-state index contributed by atoms with van der Waals surface area (Å²) in [6, 6.07) is 8.75. The maximum Gasteiger partial charge on any atom is 0.344 e. The first-order valence-corrected chi connectivity index (χ1v) is 8.63. The minimum atomic E-state index is -0.878. The fraction of sp³-hybridized carbons (Fsp3) is 0.526. The topological polar surface area (TPSA) is 88.4 Å². The Labute approximate surface area is 148 Å². The molecular formula is C19H24N2O4. The summed E-state index contributed by atoms with van der Waals surface area (Å²) in [5.74, 6) is -0.182. The molecule has 2 rings (SSSR count). The monoisotopic (exact) mass is 344 g/mol. The number of nitrogens with zero attached hydrogens (tertiary/aromatic N) is 1. The molecule has 0 bridgehead atoms. The number of nitriles is 1. The van der Waals surface area contributed by atoms with E-state index in [2.05, 4.69) is 12.2 Å². The molecule has 0 radical (unpaired) electrons. The van der Waals surface area contributed by atoms with Gasteiger partial charge in [0.05, 0.1) is 5.56 Å². The number of carbonyl (C=O) groups is 2. The van der Waals surface area contributed by atoms with Gasteiger partial charge in [0.2, 0.25) is 0 Å². The molecule has 1 saturated carbocycles. The highest BCUT2D eigenvalue weighted by molar-refractivity contribution is 5.84. The molecular weight excluding hydrogens is 320 g/mol. The fourth-order valence-corrected chi connectivity index (χ4v) is 2.94. The Hall–Kier alpha value is -2.55. The van der Waals surface area contributed by atoms with Crippen molar-refractivity contribution in [2.24, 2.45) is 5.92 Å². The standard InChI is InChI=1S/C19H24N2O4/c1-13-7-3-5-9-16(13)21-19(23)14(2)25-18(22)12-24-17-10-6-4-8-15(17)11-20/h4,6,8,10,13-14,16H,3,5,7,9,12H2,1-2H3,(H,21,23)/t13-,14-,16+/m1/s1. The lowest BCUT2D eigenvalue weighted by atomic mass is 9.86. The van der Waals surface area contributed by atoms with E-state index in [4.69, 9.17) is 14.7 Å². The molecule has 1 aliphatic rings. The Morgan fingerprint density at radius 3 is 2.76 bits per heavy atom. The van der Waals surface area contributed by atoms with E-state index >= 15 is 0 Å². The number of benzene rings is 1. The zero-order chi connectivity index (χ0) is 18.2. The molecule has 0 aromatic heterocycles. The van der Waals surface area contributed by atoms with E-state index in [0.29, 0.717) is 17.2 Å². The van der Waals surface area contributed by atoms with Gasteiger partial charge >= 0.3 is 5.97 Å². The average molecular weight is 344 g/mol. The summed E-state index contributed by atoms with van der Waals surface area (Å²) < 4.78 is 10.4. The van der Waals surface area contributed by atoms with Gasteiger partial charge in [-0.3, -0.25) is 4.79 Å². The van der Waals surface area contributed by atoms with Crippen LogP contribution in [-0.4, -0.2) is 30.6 Å². The van der Waals surface area contributed by atoms with Crippen molar-refractivity contribution in [3.8, 4) is 11.8 Å². The number of esters is 1. The van der Waals surface area contributed by atoms with Crippen LogP contribution in [-0.2, 0) is 14.3 Å². The molecule has 6 heteroatoms. The van der Waals surface area contributed by atoms with Crippen LogP contribution in [0.4, 0.5) is 0 Å². The lowest BCUT2D eigenvalue weighted by molar-refractivity contribution is -0.157. The van der Waals surface area contributed by atoms with Gasteiger partial charge in [0.15, 0.2) is 12.7 Å². The van der Waals surface area contributed by atoms with Gasteiger partial charge in [0.25, 0.3) is 5.91 Å². The number of rotatable bonds is 6. The van der Waals surface area contributed by atoms with E-state index in [1.807, 2.05) is 6.07 Å². The molecule has 1 aromatic rings. The zero-order valence-electron chi connectivity index (χ0n) is 14.7. The van der Waals surface area contributed by atoms with E-state index in [-0.39, 0.29) is 18.6 Å². The summed E-state index contributed by atoms with van der Waals surface area (Å²) in [5.41, 5.74) is 0.340. The second-order valence-electron chi connectivity index (χ2n) is 6.41. The molecule has 134 valence electrons. The van der Waals surface area contributed by atoms with Crippen molar-refractivity contribution in [2.45, 2.75) is 51.7 Å². The van der Waals surface area contributed by atoms with Gasteiger partial charge in [0.1, 0.15) is 11.8 Å². The molecule has 3 atom stereocenters. The SMILES string of the molecule is C[C@@H]1CCCC[C@@H]1NC(=O)[C@@H](C)OC(=O)COc1ccccc1C#N.